The molecule has 0 saturated carbocycles. The molecule has 3 nitrogen and oxygen atoms in total. The Bertz CT molecular complexity index is 1010. The highest BCUT2D eigenvalue weighted by atomic mass is 35.5. The first-order chi connectivity index (χ1) is 14.6. The standard InChI is InChI=1S/C25H25ClN2OS/c1-29-21-16-10-18(11-17-21)6-5-9-24(30-2)28-23-8-4-3-7-22(23)25(27)19-12-14-20(26)15-13-19/h3-4,7-8,10-17,27H,5-6,9H2,1-2H3. The number of nitrogens with zero attached hydrogens (tertiary/aromatic N) is 1. The van der Waals surface area contributed by atoms with Crippen molar-refractivity contribution < 1.29 is 4.74 Å². The third-order valence-electron chi connectivity index (χ3n) is 4.80. The van der Waals surface area contributed by atoms with Crippen molar-refractivity contribution in [2.75, 3.05) is 13.4 Å². The SMILES string of the molecule is COc1ccc(CCCC(=Nc2ccccc2C(=N)c2ccc(Cl)cc2)SC)cc1. The van der Waals surface area contributed by atoms with E-state index in [1.165, 1.54) is 5.56 Å². The van der Waals surface area contributed by atoms with Gasteiger partial charge in [0, 0.05) is 16.1 Å². The summed E-state index contributed by atoms with van der Waals surface area (Å²) in [6, 6.07) is 23.4. The Labute approximate surface area is 187 Å². The van der Waals surface area contributed by atoms with Crippen LogP contribution in [0.2, 0.25) is 5.02 Å². The zero-order valence-corrected chi connectivity index (χ0v) is 18.8. The van der Waals surface area contributed by atoms with Crippen LogP contribution < -0.4 is 4.74 Å². The molecule has 0 atom stereocenters. The molecule has 3 aromatic rings. The van der Waals surface area contributed by atoms with Crippen LogP contribution in [0.5, 0.6) is 5.75 Å². The van der Waals surface area contributed by atoms with E-state index in [9.17, 15) is 0 Å². The molecular formula is C25H25ClN2OS. The quantitative estimate of drug-likeness (QED) is 0.300. The van der Waals surface area contributed by atoms with Crippen LogP contribution in [0.4, 0.5) is 5.69 Å². The second kappa shape index (κ2) is 11.0. The van der Waals surface area contributed by atoms with E-state index in [0.29, 0.717) is 10.7 Å². The van der Waals surface area contributed by atoms with E-state index in [4.69, 9.17) is 26.7 Å². The molecular weight excluding hydrogens is 412 g/mol. The number of aliphatic imine (C=N–C) groups is 1. The van der Waals surface area contributed by atoms with Gasteiger partial charge in [0.05, 0.1) is 23.6 Å². The van der Waals surface area contributed by atoms with Crippen LogP contribution in [-0.2, 0) is 6.42 Å². The summed E-state index contributed by atoms with van der Waals surface area (Å²) in [5.41, 5.74) is 4.21. The second-order valence-electron chi connectivity index (χ2n) is 6.81. The van der Waals surface area contributed by atoms with Crippen molar-refractivity contribution >= 4 is 39.8 Å². The van der Waals surface area contributed by atoms with Gasteiger partial charge in [-0.25, -0.2) is 4.99 Å². The van der Waals surface area contributed by atoms with Crippen LogP contribution in [0, 0.1) is 5.41 Å². The van der Waals surface area contributed by atoms with Crippen molar-refractivity contribution in [1.29, 1.82) is 5.41 Å². The maximum absolute atomic E-state index is 8.64. The van der Waals surface area contributed by atoms with E-state index in [1.807, 2.05) is 60.7 Å². The molecule has 5 heteroatoms. The van der Waals surface area contributed by atoms with Gasteiger partial charge in [-0.1, -0.05) is 54.1 Å². The largest absolute Gasteiger partial charge is 0.497 e. The van der Waals surface area contributed by atoms with Crippen molar-refractivity contribution in [1.82, 2.24) is 0 Å². The molecule has 0 aliphatic carbocycles. The van der Waals surface area contributed by atoms with Gasteiger partial charge >= 0.3 is 0 Å². The highest BCUT2D eigenvalue weighted by Gasteiger charge is 2.10. The molecule has 1 N–H and O–H groups in total. The number of benzene rings is 3. The van der Waals surface area contributed by atoms with Crippen LogP contribution in [-0.4, -0.2) is 24.1 Å². The van der Waals surface area contributed by atoms with E-state index in [-0.39, 0.29) is 0 Å². The molecule has 0 saturated heterocycles. The van der Waals surface area contributed by atoms with Gasteiger partial charge in [-0.3, -0.25) is 5.41 Å². The maximum atomic E-state index is 8.64. The number of hydrogen-bond acceptors (Lipinski definition) is 4. The fraction of sp³-hybridized carbons (Fsp3) is 0.200. The summed E-state index contributed by atoms with van der Waals surface area (Å²) in [6.07, 6.45) is 4.96. The summed E-state index contributed by atoms with van der Waals surface area (Å²) in [6.45, 7) is 0. The fourth-order valence-corrected chi connectivity index (χ4v) is 3.79. The average molecular weight is 437 g/mol. The summed E-state index contributed by atoms with van der Waals surface area (Å²) in [4.78, 5) is 4.89. The van der Waals surface area contributed by atoms with Crippen molar-refractivity contribution in [2.45, 2.75) is 19.3 Å². The maximum Gasteiger partial charge on any atom is 0.118 e. The number of nitrogens with one attached hydrogen (secondary N) is 1. The zero-order chi connectivity index (χ0) is 21.3. The lowest BCUT2D eigenvalue weighted by Gasteiger charge is -2.10. The summed E-state index contributed by atoms with van der Waals surface area (Å²) >= 11 is 7.65. The lowest BCUT2D eigenvalue weighted by atomic mass is 10.0. The second-order valence-corrected chi connectivity index (χ2v) is 8.13. The topological polar surface area (TPSA) is 45.4 Å². The van der Waals surface area contributed by atoms with Gasteiger partial charge in [-0.2, -0.15) is 0 Å². The predicted molar refractivity (Wildman–Crippen MR) is 130 cm³/mol. The zero-order valence-electron chi connectivity index (χ0n) is 17.2. The molecule has 154 valence electrons. The van der Waals surface area contributed by atoms with Crippen LogP contribution in [0.15, 0.2) is 77.8 Å². The number of aryl methyl sites for hydroxylation is 1. The third-order valence-corrected chi connectivity index (χ3v) is 5.82. The molecule has 0 amide bonds. The van der Waals surface area contributed by atoms with E-state index in [2.05, 4.69) is 18.4 Å². The fourth-order valence-electron chi connectivity index (χ4n) is 3.13. The Balaban J connectivity index is 1.72. The molecule has 3 aromatic carbocycles. The summed E-state index contributed by atoms with van der Waals surface area (Å²) in [5, 5.41) is 10.4. The van der Waals surface area contributed by atoms with Crippen LogP contribution in [0.1, 0.15) is 29.5 Å². The average Bonchev–Trinajstić information content (AvgIpc) is 2.79. The van der Waals surface area contributed by atoms with Gasteiger partial charge in [-0.15, -0.1) is 11.8 Å². The first-order valence-corrected chi connectivity index (χ1v) is 11.4. The van der Waals surface area contributed by atoms with Gasteiger partial charge in [-0.05, 0) is 61.4 Å². The molecule has 0 aliphatic heterocycles. The first-order valence-electron chi connectivity index (χ1n) is 9.79. The van der Waals surface area contributed by atoms with Crippen molar-refractivity contribution in [3.63, 3.8) is 0 Å². The Morgan fingerprint density at radius 2 is 1.70 bits per heavy atom. The minimum absolute atomic E-state index is 0.449. The van der Waals surface area contributed by atoms with Crippen molar-refractivity contribution in [2.24, 2.45) is 4.99 Å². The molecule has 0 fully saturated rings. The molecule has 0 spiro atoms. The molecule has 0 unspecified atom stereocenters. The molecule has 3 rings (SSSR count). The lowest BCUT2D eigenvalue weighted by molar-refractivity contribution is 0.414. The minimum atomic E-state index is 0.449. The smallest absolute Gasteiger partial charge is 0.118 e. The van der Waals surface area contributed by atoms with Gasteiger partial charge in [0.2, 0.25) is 0 Å². The van der Waals surface area contributed by atoms with Crippen molar-refractivity contribution in [3.05, 3.63) is 94.5 Å². The van der Waals surface area contributed by atoms with E-state index >= 15 is 0 Å². The van der Waals surface area contributed by atoms with E-state index < -0.39 is 0 Å². The van der Waals surface area contributed by atoms with E-state index in [0.717, 1.165) is 46.9 Å². The lowest BCUT2D eigenvalue weighted by Crippen LogP contribution is -2.02. The van der Waals surface area contributed by atoms with Crippen molar-refractivity contribution in [3.8, 4) is 5.75 Å². The Kier molecular flexibility index (Phi) is 8.12. The van der Waals surface area contributed by atoms with Gasteiger partial charge in [0.1, 0.15) is 5.75 Å². The first kappa shape index (κ1) is 22.1. The Morgan fingerprint density at radius 1 is 1.00 bits per heavy atom. The highest BCUT2D eigenvalue weighted by molar-refractivity contribution is 8.13. The Morgan fingerprint density at radius 3 is 2.37 bits per heavy atom. The number of ether oxygens (including phenoxy) is 1. The molecule has 0 aliphatic rings. The number of thioether (sulfide) groups is 1. The van der Waals surface area contributed by atoms with Gasteiger partial charge < -0.3 is 4.74 Å². The monoisotopic (exact) mass is 436 g/mol. The van der Waals surface area contributed by atoms with Crippen LogP contribution in [0.3, 0.4) is 0 Å². The summed E-state index contributed by atoms with van der Waals surface area (Å²) < 4.78 is 5.22. The number of halogens is 1. The molecule has 0 bridgehead atoms. The molecule has 0 aromatic heterocycles. The van der Waals surface area contributed by atoms with Crippen LogP contribution >= 0.6 is 23.4 Å². The predicted octanol–water partition coefficient (Wildman–Crippen LogP) is 7.18. The molecule has 0 heterocycles. The minimum Gasteiger partial charge on any atom is -0.497 e. The number of hydrogen-bond donors (Lipinski definition) is 1. The number of para-hydroxylation sites is 1. The molecule has 30 heavy (non-hydrogen) atoms. The normalized spacial score (nSPS) is 11.4. The highest BCUT2D eigenvalue weighted by Crippen LogP contribution is 2.25. The third kappa shape index (κ3) is 5.97. The summed E-state index contributed by atoms with van der Waals surface area (Å²) in [5.74, 6) is 0.879. The van der Waals surface area contributed by atoms with Gasteiger partial charge in [0.25, 0.3) is 0 Å². The number of methoxy groups -OCH3 is 1. The number of rotatable bonds is 8. The van der Waals surface area contributed by atoms with Gasteiger partial charge in [0.15, 0.2) is 0 Å². The summed E-state index contributed by atoms with van der Waals surface area (Å²) in [7, 11) is 1.68. The Hall–Kier alpha value is -2.56. The van der Waals surface area contributed by atoms with Crippen LogP contribution in [0.25, 0.3) is 0 Å². The van der Waals surface area contributed by atoms with E-state index in [1.54, 1.807) is 18.9 Å². The molecule has 0 radical (unpaired) electrons.